The van der Waals surface area contributed by atoms with Gasteiger partial charge in [0.05, 0.1) is 30.4 Å². The third-order valence-electron chi connectivity index (χ3n) is 6.27. The molecule has 0 aliphatic carbocycles. The average molecular weight is 552 g/mol. The maximum atomic E-state index is 12.3. The van der Waals surface area contributed by atoms with Gasteiger partial charge < -0.3 is 30.0 Å². The molecule has 2 aromatic carbocycles. The highest BCUT2D eigenvalue weighted by molar-refractivity contribution is 7.99. The molecule has 9 nitrogen and oxygen atoms in total. The summed E-state index contributed by atoms with van der Waals surface area (Å²) in [4.78, 5) is 28.2. The van der Waals surface area contributed by atoms with Crippen LogP contribution in [-0.2, 0) is 25.6 Å². The van der Waals surface area contributed by atoms with Crippen LogP contribution in [0.2, 0.25) is 0 Å². The molecule has 4 atom stereocenters. The number of urea groups is 1. The van der Waals surface area contributed by atoms with E-state index >= 15 is 0 Å². The van der Waals surface area contributed by atoms with Crippen molar-refractivity contribution in [3.63, 3.8) is 0 Å². The van der Waals surface area contributed by atoms with Crippen molar-refractivity contribution >= 4 is 29.4 Å². The first-order valence-corrected chi connectivity index (χ1v) is 13.8. The van der Waals surface area contributed by atoms with Gasteiger partial charge in [0, 0.05) is 29.1 Å². The second-order valence-corrected chi connectivity index (χ2v) is 10.1. The maximum Gasteiger partial charge on any atom is 0.325 e. The molecule has 1 fully saturated rings. The van der Waals surface area contributed by atoms with Crippen LogP contribution < -0.4 is 10.6 Å². The van der Waals surface area contributed by atoms with E-state index in [1.165, 1.54) is 0 Å². The number of ether oxygens (including phenoxy) is 3. The van der Waals surface area contributed by atoms with Crippen molar-refractivity contribution in [2.75, 3.05) is 24.2 Å². The highest BCUT2D eigenvalue weighted by Crippen LogP contribution is 2.43. The number of thioether (sulfide) groups is 1. The third-order valence-corrected chi connectivity index (χ3v) is 7.30. The fourth-order valence-corrected chi connectivity index (χ4v) is 5.24. The first-order chi connectivity index (χ1) is 19.0. The van der Waals surface area contributed by atoms with Gasteiger partial charge in [-0.15, -0.1) is 11.8 Å². The Kier molecular flexibility index (Phi) is 10.3. The third kappa shape index (κ3) is 8.03. The minimum absolute atomic E-state index is 0.0242. The zero-order chi connectivity index (χ0) is 27.6. The van der Waals surface area contributed by atoms with E-state index in [-0.39, 0.29) is 37.9 Å². The van der Waals surface area contributed by atoms with Crippen molar-refractivity contribution in [3.8, 4) is 0 Å². The predicted octanol–water partition coefficient (Wildman–Crippen LogP) is 4.84. The summed E-state index contributed by atoms with van der Waals surface area (Å²) in [5.74, 6) is 0.205. The molecule has 3 N–H and O–H groups in total. The zero-order valence-corrected chi connectivity index (χ0v) is 22.7. The molecule has 10 heteroatoms. The van der Waals surface area contributed by atoms with E-state index in [9.17, 15) is 14.7 Å². The van der Waals surface area contributed by atoms with Gasteiger partial charge in [-0.05, 0) is 42.3 Å². The van der Waals surface area contributed by atoms with E-state index in [1.807, 2.05) is 54.6 Å². The Hall–Kier alpha value is -3.44. The number of carbonyl (C=O) groups is 2. The van der Waals surface area contributed by atoms with Gasteiger partial charge in [-0.2, -0.15) is 0 Å². The number of carbonyl (C=O) groups excluding carboxylic acids is 2. The van der Waals surface area contributed by atoms with Crippen LogP contribution in [0.25, 0.3) is 0 Å². The summed E-state index contributed by atoms with van der Waals surface area (Å²) < 4.78 is 17.8. The molecule has 0 spiro atoms. The van der Waals surface area contributed by atoms with Crippen molar-refractivity contribution in [1.82, 2.24) is 10.3 Å². The first kappa shape index (κ1) is 28.6. The molecule has 206 valence electrons. The molecule has 4 rings (SSSR count). The molecule has 39 heavy (non-hydrogen) atoms. The average Bonchev–Trinajstić information content (AvgIpc) is 2.96. The van der Waals surface area contributed by atoms with E-state index in [2.05, 4.69) is 22.5 Å². The van der Waals surface area contributed by atoms with E-state index in [0.717, 1.165) is 21.7 Å². The first-order valence-electron chi connectivity index (χ1n) is 12.8. The van der Waals surface area contributed by atoms with Crippen LogP contribution in [0.3, 0.4) is 0 Å². The lowest BCUT2D eigenvalue weighted by atomic mass is 9.91. The Morgan fingerprint density at radius 3 is 2.59 bits per heavy atom. The molecule has 1 aromatic heterocycles. The predicted molar refractivity (Wildman–Crippen MR) is 148 cm³/mol. The number of aliphatic hydroxyl groups excluding tert-OH is 1. The van der Waals surface area contributed by atoms with E-state index in [4.69, 9.17) is 14.2 Å². The monoisotopic (exact) mass is 551 g/mol. The Bertz CT molecular complexity index is 1230. The number of amides is 2. The number of hydrogen-bond donors (Lipinski definition) is 3. The SMILES string of the molecule is CCOC(=O)CNC(=O)Nc1cccc(C2OC(CSc3ccccn3)C(C)C(c3ccc(CO)cc3)O2)c1. The van der Waals surface area contributed by atoms with Crippen LogP contribution >= 0.6 is 11.8 Å². The molecule has 2 heterocycles. The van der Waals surface area contributed by atoms with Gasteiger partial charge in [0.25, 0.3) is 0 Å². The lowest BCUT2D eigenvalue weighted by Gasteiger charge is -2.41. The normalized spacial score (nSPS) is 20.7. The molecule has 4 unspecified atom stereocenters. The smallest absolute Gasteiger partial charge is 0.325 e. The number of nitrogens with one attached hydrogen (secondary N) is 2. The lowest BCUT2D eigenvalue weighted by Crippen LogP contribution is -2.38. The summed E-state index contributed by atoms with van der Waals surface area (Å²) in [5.41, 5.74) is 3.10. The minimum Gasteiger partial charge on any atom is -0.465 e. The van der Waals surface area contributed by atoms with Crippen LogP contribution in [0.15, 0.2) is 78.0 Å². The van der Waals surface area contributed by atoms with Crippen molar-refractivity contribution in [3.05, 3.63) is 89.6 Å². The summed E-state index contributed by atoms with van der Waals surface area (Å²) >= 11 is 1.63. The largest absolute Gasteiger partial charge is 0.465 e. The van der Waals surface area contributed by atoms with E-state index < -0.39 is 18.3 Å². The molecule has 0 radical (unpaired) electrons. The van der Waals surface area contributed by atoms with E-state index in [0.29, 0.717) is 11.4 Å². The number of aromatic nitrogens is 1. The van der Waals surface area contributed by atoms with Crippen LogP contribution in [-0.4, -0.2) is 47.1 Å². The number of rotatable bonds is 10. The topological polar surface area (TPSA) is 119 Å². The summed E-state index contributed by atoms with van der Waals surface area (Å²) in [6.45, 7) is 3.81. The number of anilines is 1. The Labute approximate surface area is 232 Å². The number of esters is 1. The molecule has 1 aliphatic rings. The zero-order valence-electron chi connectivity index (χ0n) is 21.9. The number of aliphatic hydroxyl groups is 1. The van der Waals surface area contributed by atoms with Gasteiger partial charge in [-0.3, -0.25) is 4.79 Å². The van der Waals surface area contributed by atoms with Crippen LogP contribution in [0.5, 0.6) is 0 Å². The lowest BCUT2D eigenvalue weighted by molar-refractivity contribution is -0.268. The Morgan fingerprint density at radius 2 is 1.87 bits per heavy atom. The van der Waals surface area contributed by atoms with Gasteiger partial charge in [0.15, 0.2) is 6.29 Å². The summed E-state index contributed by atoms with van der Waals surface area (Å²) in [6.07, 6.45) is 0.687. The Morgan fingerprint density at radius 1 is 1.05 bits per heavy atom. The second kappa shape index (κ2) is 14.1. The maximum absolute atomic E-state index is 12.3. The molecular formula is C29H33N3O6S. The Balaban J connectivity index is 1.51. The van der Waals surface area contributed by atoms with Gasteiger partial charge in [-0.25, -0.2) is 9.78 Å². The van der Waals surface area contributed by atoms with Gasteiger partial charge in [0.1, 0.15) is 6.54 Å². The molecule has 0 bridgehead atoms. The van der Waals surface area contributed by atoms with Crippen molar-refractivity contribution < 1.29 is 28.9 Å². The van der Waals surface area contributed by atoms with Crippen molar-refractivity contribution in [2.24, 2.45) is 5.92 Å². The summed E-state index contributed by atoms with van der Waals surface area (Å²) in [5, 5.41) is 15.6. The van der Waals surface area contributed by atoms with Crippen LogP contribution in [0, 0.1) is 5.92 Å². The quantitative estimate of drug-likeness (QED) is 0.242. The van der Waals surface area contributed by atoms with Crippen LogP contribution in [0.4, 0.5) is 10.5 Å². The van der Waals surface area contributed by atoms with Crippen molar-refractivity contribution in [1.29, 1.82) is 0 Å². The molecule has 3 aromatic rings. The van der Waals surface area contributed by atoms with Gasteiger partial charge in [-0.1, -0.05) is 49.4 Å². The summed E-state index contributed by atoms with van der Waals surface area (Å²) in [6, 6.07) is 20.3. The number of benzene rings is 2. The van der Waals surface area contributed by atoms with E-state index in [1.54, 1.807) is 37.0 Å². The standard InChI is InChI=1S/C29H33N3O6S/c1-3-36-26(34)16-31-29(35)32-23-8-6-7-22(15-23)28-37-24(18-39-25-9-4-5-14-30-25)19(2)27(38-28)21-12-10-20(17-33)11-13-21/h4-15,19,24,27-28,33H,3,16-18H2,1-2H3,(H2,31,32,35). The molecule has 1 aliphatic heterocycles. The number of nitrogens with zero attached hydrogens (tertiary/aromatic N) is 1. The molecular weight excluding hydrogens is 518 g/mol. The number of hydrogen-bond acceptors (Lipinski definition) is 8. The fourth-order valence-electron chi connectivity index (χ4n) is 4.21. The summed E-state index contributed by atoms with van der Waals surface area (Å²) in [7, 11) is 0. The fraction of sp³-hybridized carbons (Fsp3) is 0.345. The molecule has 0 saturated carbocycles. The second-order valence-electron chi connectivity index (χ2n) is 9.04. The van der Waals surface area contributed by atoms with Crippen LogP contribution in [0.1, 0.15) is 42.9 Å². The highest BCUT2D eigenvalue weighted by atomic mass is 32.2. The van der Waals surface area contributed by atoms with Gasteiger partial charge >= 0.3 is 12.0 Å². The molecule has 1 saturated heterocycles. The van der Waals surface area contributed by atoms with Gasteiger partial charge in [0.2, 0.25) is 0 Å². The molecule has 2 amide bonds. The van der Waals surface area contributed by atoms with Crippen molar-refractivity contribution in [2.45, 2.75) is 44.0 Å². The highest BCUT2D eigenvalue weighted by Gasteiger charge is 2.38. The minimum atomic E-state index is -0.678. The number of pyridine rings is 1.